The summed E-state index contributed by atoms with van der Waals surface area (Å²) in [5.41, 5.74) is 1.02. The molecule has 0 spiro atoms. The number of hydrogen-bond donors (Lipinski definition) is 1. The van der Waals surface area contributed by atoms with Gasteiger partial charge in [-0.15, -0.1) is 0 Å². The molecule has 1 aromatic heterocycles. The molecular formula is C20H26N4O. The minimum atomic E-state index is -0.218. The summed E-state index contributed by atoms with van der Waals surface area (Å²) in [6, 6.07) is 10.3. The molecule has 0 radical (unpaired) electrons. The lowest BCUT2D eigenvalue weighted by atomic mass is 9.94. The molecule has 1 saturated carbocycles. The van der Waals surface area contributed by atoms with Crippen LogP contribution in [0, 0.1) is 5.41 Å². The number of carbonyl (C=O) groups excluding carboxylic acids is 1. The number of aryl methyl sites for hydroxylation is 1. The van der Waals surface area contributed by atoms with Crippen LogP contribution < -0.4 is 5.32 Å². The monoisotopic (exact) mass is 338 g/mol. The highest BCUT2D eigenvalue weighted by atomic mass is 16.2. The van der Waals surface area contributed by atoms with E-state index in [4.69, 9.17) is 4.98 Å². The smallest absolute Gasteiger partial charge is 0.227 e. The number of aromatic nitrogens is 3. The van der Waals surface area contributed by atoms with E-state index < -0.39 is 0 Å². The predicted octanol–water partition coefficient (Wildman–Crippen LogP) is 3.38. The van der Waals surface area contributed by atoms with Gasteiger partial charge in [0, 0.05) is 12.5 Å². The molecule has 5 nitrogen and oxygen atoms in total. The predicted molar refractivity (Wildman–Crippen MR) is 96.0 cm³/mol. The molecule has 1 aromatic carbocycles. The fraction of sp³-hybridized carbons (Fsp3) is 0.550. The van der Waals surface area contributed by atoms with Gasteiger partial charge in [-0.3, -0.25) is 4.79 Å². The molecule has 2 aromatic rings. The largest absolute Gasteiger partial charge is 0.346 e. The second-order valence-electron chi connectivity index (χ2n) is 7.82. The van der Waals surface area contributed by atoms with Gasteiger partial charge in [0.15, 0.2) is 5.82 Å². The molecule has 132 valence electrons. The summed E-state index contributed by atoms with van der Waals surface area (Å²) in [7, 11) is 0. The Morgan fingerprint density at radius 2 is 2.08 bits per heavy atom. The van der Waals surface area contributed by atoms with E-state index in [1.165, 1.54) is 5.56 Å². The molecule has 1 fully saturated rings. The van der Waals surface area contributed by atoms with Crippen LogP contribution in [0.4, 0.5) is 0 Å². The Morgan fingerprint density at radius 3 is 2.76 bits per heavy atom. The molecule has 1 aliphatic heterocycles. The Hall–Kier alpha value is -2.17. The van der Waals surface area contributed by atoms with Gasteiger partial charge in [0.05, 0.1) is 11.5 Å². The summed E-state index contributed by atoms with van der Waals surface area (Å²) in [6.07, 6.45) is 4.76. The Balaban J connectivity index is 1.49. The normalized spacial score (nSPS) is 21.0. The van der Waals surface area contributed by atoms with E-state index in [-0.39, 0.29) is 17.4 Å². The number of nitrogens with zero attached hydrogens (tertiary/aromatic N) is 3. The van der Waals surface area contributed by atoms with Gasteiger partial charge in [0.25, 0.3) is 0 Å². The van der Waals surface area contributed by atoms with Crippen LogP contribution in [0.25, 0.3) is 0 Å². The second kappa shape index (κ2) is 6.28. The number of rotatable bonds is 5. The molecule has 2 aliphatic rings. The molecule has 1 amide bonds. The number of hydrogen-bond acceptors (Lipinski definition) is 3. The molecule has 0 unspecified atom stereocenters. The molecule has 1 atom stereocenters. The van der Waals surface area contributed by atoms with E-state index in [0.717, 1.165) is 50.3 Å². The first-order chi connectivity index (χ1) is 12.1. The highest BCUT2D eigenvalue weighted by Gasteiger charge is 2.50. The summed E-state index contributed by atoms with van der Waals surface area (Å²) < 4.78 is 1.99. The molecule has 1 N–H and O–H groups in total. The lowest BCUT2D eigenvalue weighted by molar-refractivity contribution is -0.127. The number of fused-ring (bicyclic) bond motifs is 1. The third-order valence-corrected chi connectivity index (χ3v) is 5.43. The third kappa shape index (κ3) is 3.20. The Labute approximate surface area is 148 Å². The van der Waals surface area contributed by atoms with Gasteiger partial charge in [-0.1, -0.05) is 44.2 Å². The van der Waals surface area contributed by atoms with Crippen molar-refractivity contribution >= 4 is 5.91 Å². The second-order valence-corrected chi connectivity index (χ2v) is 7.82. The highest BCUT2D eigenvalue weighted by molar-refractivity contribution is 5.86. The van der Waals surface area contributed by atoms with Gasteiger partial charge in [-0.25, -0.2) is 9.67 Å². The van der Waals surface area contributed by atoms with E-state index in [2.05, 4.69) is 36.4 Å². The Bertz CT molecular complexity index is 761. The number of carbonyl (C=O) groups is 1. The number of nitrogens with one attached hydrogen (secondary N) is 1. The zero-order valence-corrected chi connectivity index (χ0v) is 15.0. The van der Waals surface area contributed by atoms with Crippen molar-refractivity contribution in [3.63, 3.8) is 0 Å². The van der Waals surface area contributed by atoms with Gasteiger partial charge in [0.1, 0.15) is 5.82 Å². The van der Waals surface area contributed by atoms with E-state index in [9.17, 15) is 4.79 Å². The molecular weight excluding hydrogens is 312 g/mol. The zero-order valence-electron chi connectivity index (χ0n) is 15.0. The van der Waals surface area contributed by atoms with Crippen LogP contribution >= 0.6 is 0 Å². The lowest BCUT2D eigenvalue weighted by Gasteiger charge is -2.25. The minimum absolute atomic E-state index is 0.00509. The quantitative estimate of drug-likeness (QED) is 0.909. The zero-order chi connectivity index (χ0) is 17.4. The van der Waals surface area contributed by atoms with Gasteiger partial charge in [-0.2, -0.15) is 5.10 Å². The van der Waals surface area contributed by atoms with Gasteiger partial charge in [-0.05, 0) is 37.7 Å². The first-order valence-electron chi connectivity index (χ1n) is 9.37. The van der Waals surface area contributed by atoms with Crippen LogP contribution in [0.2, 0.25) is 0 Å². The van der Waals surface area contributed by atoms with E-state index in [1.54, 1.807) is 0 Å². The van der Waals surface area contributed by atoms with Crippen LogP contribution in [0.15, 0.2) is 30.3 Å². The van der Waals surface area contributed by atoms with E-state index in [1.807, 2.05) is 22.9 Å². The molecule has 2 heterocycles. The SMILES string of the molecule is CC(C)c1nc2n(n1)CCC[C@H]2NC(=O)C1(Cc2ccccc2)CC1. The van der Waals surface area contributed by atoms with Crippen molar-refractivity contribution < 1.29 is 4.79 Å². The van der Waals surface area contributed by atoms with Gasteiger partial charge >= 0.3 is 0 Å². The molecule has 5 heteroatoms. The summed E-state index contributed by atoms with van der Waals surface area (Å²) >= 11 is 0. The van der Waals surface area contributed by atoms with Crippen molar-refractivity contribution in [3.8, 4) is 0 Å². The van der Waals surface area contributed by atoms with Crippen molar-refractivity contribution in [2.75, 3.05) is 0 Å². The maximum Gasteiger partial charge on any atom is 0.227 e. The van der Waals surface area contributed by atoms with E-state index in [0.29, 0.717) is 5.92 Å². The standard InChI is InChI=1S/C20H26N4O/c1-14(2)17-22-18-16(9-6-12-24(18)23-17)21-19(25)20(10-11-20)13-15-7-4-3-5-8-15/h3-5,7-8,14,16H,6,9-13H2,1-2H3,(H,21,25)/t16-/m1/s1. The summed E-state index contributed by atoms with van der Waals surface area (Å²) in [6.45, 7) is 5.11. The lowest BCUT2D eigenvalue weighted by Crippen LogP contribution is -2.38. The van der Waals surface area contributed by atoms with Crippen LogP contribution in [-0.2, 0) is 17.8 Å². The van der Waals surface area contributed by atoms with Crippen molar-refractivity contribution in [3.05, 3.63) is 47.5 Å². The first kappa shape index (κ1) is 16.3. The van der Waals surface area contributed by atoms with Crippen LogP contribution in [-0.4, -0.2) is 20.7 Å². The van der Waals surface area contributed by atoms with Crippen molar-refractivity contribution in [2.45, 2.75) is 64.5 Å². The van der Waals surface area contributed by atoms with Crippen LogP contribution in [0.5, 0.6) is 0 Å². The molecule has 25 heavy (non-hydrogen) atoms. The van der Waals surface area contributed by atoms with Crippen LogP contribution in [0.3, 0.4) is 0 Å². The highest BCUT2D eigenvalue weighted by Crippen LogP contribution is 2.49. The summed E-state index contributed by atoms with van der Waals surface area (Å²) in [5, 5.41) is 7.90. The fourth-order valence-corrected chi connectivity index (χ4v) is 3.68. The van der Waals surface area contributed by atoms with Crippen molar-refractivity contribution in [1.82, 2.24) is 20.1 Å². The van der Waals surface area contributed by atoms with Gasteiger partial charge < -0.3 is 5.32 Å². The van der Waals surface area contributed by atoms with Crippen LogP contribution in [0.1, 0.15) is 68.7 Å². The Morgan fingerprint density at radius 1 is 1.32 bits per heavy atom. The third-order valence-electron chi connectivity index (χ3n) is 5.43. The average Bonchev–Trinajstić information content (AvgIpc) is 3.24. The topological polar surface area (TPSA) is 59.8 Å². The summed E-state index contributed by atoms with van der Waals surface area (Å²) in [5.74, 6) is 2.30. The molecule has 4 rings (SSSR count). The molecule has 1 aliphatic carbocycles. The number of benzene rings is 1. The minimum Gasteiger partial charge on any atom is -0.346 e. The van der Waals surface area contributed by atoms with E-state index >= 15 is 0 Å². The first-order valence-corrected chi connectivity index (χ1v) is 9.37. The maximum atomic E-state index is 13.0. The Kier molecular flexibility index (Phi) is 4.10. The van der Waals surface area contributed by atoms with Crippen molar-refractivity contribution in [2.24, 2.45) is 5.41 Å². The summed E-state index contributed by atoms with van der Waals surface area (Å²) in [4.78, 5) is 17.7. The van der Waals surface area contributed by atoms with Crippen molar-refractivity contribution in [1.29, 1.82) is 0 Å². The fourth-order valence-electron chi connectivity index (χ4n) is 3.68. The maximum absolute atomic E-state index is 13.0. The molecule has 0 saturated heterocycles. The molecule has 0 bridgehead atoms. The average molecular weight is 338 g/mol. The number of amides is 1. The van der Waals surface area contributed by atoms with Gasteiger partial charge in [0.2, 0.25) is 5.91 Å².